The summed E-state index contributed by atoms with van der Waals surface area (Å²) in [6.45, 7) is 0.304. The van der Waals surface area contributed by atoms with Gasteiger partial charge in [-0.25, -0.2) is 13.8 Å². The van der Waals surface area contributed by atoms with Crippen LogP contribution in [0.5, 0.6) is 0 Å². The van der Waals surface area contributed by atoms with E-state index in [-0.39, 0.29) is 23.6 Å². The molecule has 0 radical (unpaired) electrons. The molecule has 30 heavy (non-hydrogen) atoms. The predicted molar refractivity (Wildman–Crippen MR) is 106 cm³/mol. The summed E-state index contributed by atoms with van der Waals surface area (Å²) < 4.78 is 33.4. The summed E-state index contributed by atoms with van der Waals surface area (Å²) in [5.74, 6) is -2.61. The first-order chi connectivity index (χ1) is 14.4. The van der Waals surface area contributed by atoms with Crippen molar-refractivity contribution < 1.29 is 18.0 Å². The maximum atomic E-state index is 13.5. The van der Waals surface area contributed by atoms with Crippen molar-refractivity contribution in [1.29, 1.82) is 0 Å². The maximum absolute atomic E-state index is 13.5. The Hall–Kier alpha value is -3.81. The molecule has 2 aromatic carbocycles. The summed E-state index contributed by atoms with van der Waals surface area (Å²) in [4.78, 5) is 29.2. The lowest BCUT2D eigenvalue weighted by molar-refractivity contribution is 0.0918. The third-order valence-corrected chi connectivity index (χ3v) is 4.70. The number of nitrogens with zero attached hydrogens (tertiary/aromatic N) is 2. The number of aromatic nitrogens is 2. The molecule has 0 saturated heterocycles. The monoisotopic (exact) mass is 409 g/mol. The summed E-state index contributed by atoms with van der Waals surface area (Å²) in [5.41, 5.74) is 1.77. The van der Waals surface area contributed by atoms with E-state index in [1.807, 2.05) is 30.3 Å². The van der Waals surface area contributed by atoms with Gasteiger partial charge in [-0.3, -0.25) is 14.2 Å². The van der Waals surface area contributed by atoms with Gasteiger partial charge in [-0.15, -0.1) is 0 Å². The molecule has 0 fully saturated rings. The van der Waals surface area contributed by atoms with Gasteiger partial charge in [0, 0.05) is 25.6 Å². The van der Waals surface area contributed by atoms with E-state index in [1.165, 1.54) is 23.7 Å². The summed E-state index contributed by atoms with van der Waals surface area (Å²) in [5, 5.41) is 2.72. The van der Waals surface area contributed by atoms with Crippen molar-refractivity contribution in [1.82, 2.24) is 14.9 Å². The minimum absolute atomic E-state index is 0.0855. The number of nitrogens with one attached hydrogen (secondary N) is 1. The number of benzene rings is 2. The van der Waals surface area contributed by atoms with Gasteiger partial charge >= 0.3 is 5.91 Å². The molecule has 4 aromatic rings. The molecule has 8 heteroatoms. The van der Waals surface area contributed by atoms with Gasteiger partial charge in [0.2, 0.25) is 5.71 Å². The number of rotatable bonds is 5. The number of hydrogen-bond donors (Lipinski definition) is 1. The van der Waals surface area contributed by atoms with E-state index in [1.54, 1.807) is 0 Å². The van der Waals surface area contributed by atoms with E-state index in [4.69, 9.17) is 4.42 Å². The fraction of sp³-hybridized carbons (Fsp3) is 0.136. The Balaban J connectivity index is 1.61. The Labute approximate surface area is 169 Å². The molecule has 2 aromatic heterocycles. The van der Waals surface area contributed by atoms with Crippen LogP contribution in [0.1, 0.15) is 27.4 Å². The average Bonchev–Trinajstić information content (AvgIpc) is 3.18. The molecule has 1 amide bonds. The van der Waals surface area contributed by atoms with E-state index in [0.29, 0.717) is 23.2 Å². The summed E-state index contributed by atoms with van der Waals surface area (Å²) in [6.07, 6.45) is 0.0855. The van der Waals surface area contributed by atoms with E-state index in [0.717, 1.165) is 17.7 Å². The first kappa shape index (κ1) is 19.5. The molecule has 152 valence electrons. The van der Waals surface area contributed by atoms with Crippen LogP contribution >= 0.6 is 0 Å². The smallest absolute Gasteiger partial charge is 0.307 e. The molecule has 2 heterocycles. The lowest BCUT2D eigenvalue weighted by Crippen LogP contribution is -2.23. The Morgan fingerprint density at radius 2 is 1.83 bits per heavy atom. The molecular formula is C22H17F2N3O3. The first-order valence-electron chi connectivity index (χ1n) is 9.18. The quantitative estimate of drug-likeness (QED) is 0.549. The molecule has 4 rings (SSSR count). The van der Waals surface area contributed by atoms with Crippen molar-refractivity contribution in [3.05, 3.63) is 99.2 Å². The highest BCUT2D eigenvalue weighted by Gasteiger charge is 2.18. The number of carbonyl (C=O) groups is 1. The molecule has 0 aliphatic carbocycles. The van der Waals surface area contributed by atoms with Gasteiger partial charge in [-0.2, -0.15) is 0 Å². The Kier molecular flexibility index (Phi) is 5.14. The van der Waals surface area contributed by atoms with Crippen molar-refractivity contribution in [3.8, 4) is 0 Å². The van der Waals surface area contributed by atoms with E-state index in [9.17, 15) is 18.4 Å². The van der Waals surface area contributed by atoms with Gasteiger partial charge in [-0.05, 0) is 29.3 Å². The molecule has 0 unspecified atom stereocenters. The van der Waals surface area contributed by atoms with Crippen molar-refractivity contribution >= 4 is 17.1 Å². The van der Waals surface area contributed by atoms with Crippen molar-refractivity contribution in [2.45, 2.75) is 13.0 Å². The number of halogens is 2. The van der Waals surface area contributed by atoms with Gasteiger partial charge in [0.05, 0.1) is 0 Å². The molecule has 0 aliphatic rings. The molecule has 6 nitrogen and oxygen atoms in total. The zero-order chi connectivity index (χ0) is 21.3. The highest BCUT2D eigenvalue weighted by atomic mass is 19.2. The number of carbonyl (C=O) groups excluding carboxylic acids is 1. The number of fused-ring (bicyclic) bond motifs is 1. The van der Waals surface area contributed by atoms with E-state index < -0.39 is 17.5 Å². The average molecular weight is 409 g/mol. The van der Waals surface area contributed by atoms with Crippen LogP contribution in [0.3, 0.4) is 0 Å². The van der Waals surface area contributed by atoms with Gasteiger partial charge in [0.1, 0.15) is 5.52 Å². The van der Waals surface area contributed by atoms with Crippen molar-refractivity contribution in [2.75, 3.05) is 0 Å². The molecular weight excluding hydrogens is 392 g/mol. The standard InChI is InChI=1S/C22H17F2N3O3/c1-27-21(29)15(9-14-7-8-16(23)17(24)10-14)11-18-22(27)30-20(26-18)19(28)25-12-13-5-3-2-4-6-13/h2-8,10-11H,9,12H2,1H3,(H,25,28). The zero-order valence-corrected chi connectivity index (χ0v) is 16.0. The molecule has 0 atom stereocenters. The maximum Gasteiger partial charge on any atom is 0.307 e. The number of amides is 1. The third kappa shape index (κ3) is 3.84. The third-order valence-electron chi connectivity index (χ3n) is 4.70. The first-order valence-corrected chi connectivity index (χ1v) is 9.18. The highest BCUT2D eigenvalue weighted by Crippen LogP contribution is 2.17. The summed E-state index contributed by atoms with van der Waals surface area (Å²) in [7, 11) is 1.50. The summed E-state index contributed by atoms with van der Waals surface area (Å²) in [6, 6.07) is 14.3. The van der Waals surface area contributed by atoms with Gasteiger partial charge < -0.3 is 9.73 Å². The lowest BCUT2D eigenvalue weighted by Gasteiger charge is -2.05. The second-order valence-electron chi connectivity index (χ2n) is 6.84. The van der Waals surface area contributed by atoms with Crippen LogP contribution in [0.25, 0.3) is 11.2 Å². The van der Waals surface area contributed by atoms with Crippen LogP contribution < -0.4 is 10.9 Å². The minimum Gasteiger partial charge on any atom is -0.415 e. The van der Waals surface area contributed by atoms with Gasteiger partial charge in [0.25, 0.3) is 11.4 Å². The van der Waals surface area contributed by atoms with Crippen LogP contribution in [-0.2, 0) is 20.0 Å². The molecule has 0 bridgehead atoms. The van der Waals surface area contributed by atoms with Crippen LogP contribution in [0.2, 0.25) is 0 Å². The number of oxazole rings is 1. The van der Waals surface area contributed by atoms with E-state index in [2.05, 4.69) is 10.3 Å². The molecule has 1 N–H and O–H groups in total. The van der Waals surface area contributed by atoms with Crippen LogP contribution in [-0.4, -0.2) is 15.5 Å². The van der Waals surface area contributed by atoms with E-state index >= 15 is 0 Å². The molecule has 0 spiro atoms. The Bertz CT molecular complexity index is 1300. The van der Waals surface area contributed by atoms with Crippen LogP contribution in [0, 0.1) is 11.6 Å². The second-order valence-corrected chi connectivity index (χ2v) is 6.84. The highest BCUT2D eigenvalue weighted by molar-refractivity contribution is 5.91. The SMILES string of the molecule is Cn1c(=O)c(Cc2ccc(F)c(F)c2)cc2nc(C(=O)NCc3ccccc3)oc21. The number of hydrogen-bond acceptors (Lipinski definition) is 4. The molecule has 0 aliphatic heterocycles. The second kappa shape index (κ2) is 7.90. The predicted octanol–water partition coefficient (Wildman–Crippen LogP) is 3.33. The van der Waals surface area contributed by atoms with Crippen LogP contribution in [0.4, 0.5) is 8.78 Å². The fourth-order valence-corrected chi connectivity index (χ4v) is 3.14. The Morgan fingerprint density at radius 1 is 1.07 bits per heavy atom. The topological polar surface area (TPSA) is 77.1 Å². The van der Waals surface area contributed by atoms with Crippen molar-refractivity contribution in [3.63, 3.8) is 0 Å². The lowest BCUT2D eigenvalue weighted by atomic mass is 10.1. The van der Waals surface area contributed by atoms with Gasteiger partial charge in [0.15, 0.2) is 11.6 Å². The normalized spacial score (nSPS) is 11.0. The number of pyridine rings is 1. The number of aryl methyl sites for hydroxylation is 1. The van der Waals surface area contributed by atoms with Crippen LogP contribution in [0.15, 0.2) is 63.8 Å². The van der Waals surface area contributed by atoms with Crippen molar-refractivity contribution in [2.24, 2.45) is 7.05 Å². The van der Waals surface area contributed by atoms with Gasteiger partial charge in [-0.1, -0.05) is 36.4 Å². The summed E-state index contributed by atoms with van der Waals surface area (Å²) >= 11 is 0. The minimum atomic E-state index is -0.982. The fourth-order valence-electron chi connectivity index (χ4n) is 3.14. The molecule has 0 saturated carbocycles. The zero-order valence-electron chi connectivity index (χ0n) is 16.0. The Morgan fingerprint density at radius 3 is 2.57 bits per heavy atom. The largest absolute Gasteiger partial charge is 0.415 e.